The molecule has 0 saturated heterocycles. The summed E-state index contributed by atoms with van der Waals surface area (Å²) in [4.78, 5) is 6.91. The van der Waals surface area contributed by atoms with Gasteiger partial charge in [-0.05, 0) is 49.9 Å². The lowest BCUT2D eigenvalue weighted by atomic mass is 10.1. The van der Waals surface area contributed by atoms with Crippen molar-refractivity contribution >= 4 is 11.5 Å². The zero-order chi connectivity index (χ0) is 14.7. The van der Waals surface area contributed by atoms with Crippen LogP contribution >= 0.6 is 0 Å². The van der Waals surface area contributed by atoms with Crippen LogP contribution in [0, 0.1) is 6.92 Å². The fourth-order valence-corrected chi connectivity index (χ4v) is 2.55. The molecule has 0 aliphatic heterocycles. The monoisotopic (exact) mass is 281 g/mol. The number of nitrogens with one attached hydrogen (secondary N) is 1. The summed E-state index contributed by atoms with van der Waals surface area (Å²) in [6, 6.07) is 13.5. The van der Waals surface area contributed by atoms with Gasteiger partial charge in [0.25, 0.3) is 0 Å². The summed E-state index contributed by atoms with van der Waals surface area (Å²) in [6.07, 6.45) is 4.64. The number of hydrogen-bond donors (Lipinski definition) is 1. The molecule has 3 rings (SSSR count). The highest BCUT2D eigenvalue weighted by atomic mass is 15.2. The van der Waals surface area contributed by atoms with Crippen LogP contribution in [0.15, 0.2) is 42.6 Å². The van der Waals surface area contributed by atoms with E-state index in [2.05, 4.69) is 65.4 Å². The van der Waals surface area contributed by atoms with Crippen LogP contribution in [0.5, 0.6) is 0 Å². The van der Waals surface area contributed by atoms with Gasteiger partial charge >= 0.3 is 0 Å². The van der Waals surface area contributed by atoms with Crippen LogP contribution in [-0.4, -0.2) is 17.6 Å². The predicted molar refractivity (Wildman–Crippen MR) is 88.0 cm³/mol. The quantitative estimate of drug-likeness (QED) is 0.873. The number of anilines is 2. The Hall–Kier alpha value is -1.87. The standard InChI is InChI=1S/C18H23N3/c1-3-21(17-7-5-4-6-14(17)2)18-11-8-15(13-20-18)12-19-16-9-10-16/h4-8,11,13,16,19H,3,9-10,12H2,1-2H3. The van der Waals surface area contributed by atoms with Crippen molar-refractivity contribution in [3.05, 3.63) is 53.7 Å². The lowest BCUT2D eigenvalue weighted by molar-refractivity contribution is 0.686. The number of nitrogens with zero attached hydrogens (tertiary/aromatic N) is 2. The molecule has 1 aliphatic carbocycles. The van der Waals surface area contributed by atoms with Crippen LogP contribution in [0.1, 0.15) is 30.9 Å². The zero-order valence-electron chi connectivity index (χ0n) is 12.8. The van der Waals surface area contributed by atoms with E-state index in [1.165, 1.54) is 29.7 Å². The maximum atomic E-state index is 4.65. The fourth-order valence-electron chi connectivity index (χ4n) is 2.55. The molecule has 0 unspecified atom stereocenters. The Morgan fingerprint density at radius 1 is 1.19 bits per heavy atom. The first-order chi connectivity index (χ1) is 10.3. The Morgan fingerprint density at radius 3 is 2.62 bits per heavy atom. The minimum absolute atomic E-state index is 0.740. The van der Waals surface area contributed by atoms with Gasteiger partial charge in [-0.3, -0.25) is 0 Å². The topological polar surface area (TPSA) is 28.2 Å². The molecule has 3 heteroatoms. The summed E-state index contributed by atoms with van der Waals surface area (Å²) < 4.78 is 0. The second-order valence-electron chi connectivity index (χ2n) is 5.71. The smallest absolute Gasteiger partial charge is 0.132 e. The molecule has 0 radical (unpaired) electrons. The maximum absolute atomic E-state index is 4.65. The molecule has 0 atom stereocenters. The molecule has 2 aromatic rings. The average molecular weight is 281 g/mol. The molecule has 0 amide bonds. The van der Waals surface area contributed by atoms with Crippen LogP contribution in [-0.2, 0) is 6.54 Å². The molecule has 1 fully saturated rings. The highest BCUT2D eigenvalue weighted by molar-refractivity contribution is 5.63. The molecule has 1 saturated carbocycles. The van der Waals surface area contributed by atoms with Crippen molar-refractivity contribution in [2.24, 2.45) is 0 Å². The van der Waals surface area contributed by atoms with Crippen LogP contribution in [0.2, 0.25) is 0 Å². The van der Waals surface area contributed by atoms with Gasteiger partial charge in [-0.1, -0.05) is 24.3 Å². The highest BCUT2D eigenvalue weighted by Gasteiger charge is 2.20. The number of aromatic nitrogens is 1. The summed E-state index contributed by atoms with van der Waals surface area (Å²) >= 11 is 0. The number of aryl methyl sites for hydroxylation is 1. The number of benzene rings is 1. The van der Waals surface area contributed by atoms with Gasteiger partial charge in [-0.25, -0.2) is 4.98 Å². The van der Waals surface area contributed by atoms with Gasteiger partial charge in [0, 0.05) is 31.0 Å². The fraction of sp³-hybridized carbons (Fsp3) is 0.389. The van der Waals surface area contributed by atoms with Crippen molar-refractivity contribution in [3.63, 3.8) is 0 Å². The third kappa shape index (κ3) is 3.42. The Balaban J connectivity index is 1.75. The van der Waals surface area contributed by atoms with Crippen molar-refractivity contribution in [1.82, 2.24) is 10.3 Å². The summed E-state index contributed by atoms with van der Waals surface area (Å²) in [7, 11) is 0. The van der Waals surface area contributed by atoms with E-state index in [-0.39, 0.29) is 0 Å². The normalized spacial score (nSPS) is 14.2. The van der Waals surface area contributed by atoms with Crippen molar-refractivity contribution < 1.29 is 0 Å². The van der Waals surface area contributed by atoms with Crippen LogP contribution in [0.25, 0.3) is 0 Å². The van der Waals surface area contributed by atoms with E-state index in [9.17, 15) is 0 Å². The second-order valence-corrected chi connectivity index (χ2v) is 5.71. The third-order valence-corrected chi connectivity index (χ3v) is 3.98. The number of rotatable bonds is 6. The van der Waals surface area contributed by atoms with Gasteiger partial charge in [0.1, 0.15) is 5.82 Å². The van der Waals surface area contributed by atoms with E-state index in [4.69, 9.17) is 0 Å². The van der Waals surface area contributed by atoms with E-state index in [1.807, 2.05) is 6.20 Å². The van der Waals surface area contributed by atoms with Crippen molar-refractivity contribution in [2.75, 3.05) is 11.4 Å². The summed E-state index contributed by atoms with van der Waals surface area (Å²) in [5, 5.41) is 3.52. The van der Waals surface area contributed by atoms with E-state index >= 15 is 0 Å². The number of para-hydroxylation sites is 1. The zero-order valence-corrected chi connectivity index (χ0v) is 12.8. The first kappa shape index (κ1) is 14.1. The van der Waals surface area contributed by atoms with Crippen molar-refractivity contribution in [3.8, 4) is 0 Å². The molecule has 3 nitrogen and oxygen atoms in total. The largest absolute Gasteiger partial charge is 0.326 e. The van der Waals surface area contributed by atoms with Gasteiger partial charge in [-0.15, -0.1) is 0 Å². The Labute approximate surface area is 127 Å². The lowest BCUT2D eigenvalue weighted by Crippen LogP contribution is -2.19. The van der Waals surface area contributed by atoms with Crippen LogP contribution < -0.4 is 10.2 Å². The van der Waals surface area contributed by atoms with Gasteiger partial charge < -0.3 is 10.2 Å². The van der Waals surface area contributed by atoms with Gasteiger partial charge in [0.05, 0.1) is 0 Å². The molecule has 1 aliphatic rings. The molecular formula is C18H23N3. The number of pyridine rings is 1. The summed E-state index contributed by atoms with van der Waals surface area (Å²) in [5.41, 5.74) is 3.77. The third-order valence-electron chi connectivity index (χ3n) is 3.98. The maximum Gasteiger partial charge on any atom is 0.132 e. The average Bonchev–Trinajstić information content (AvgIpc) is 3.33. The Kier molecular flexibility index (Phi) is 4.20. The lowest BCUT2D eigenvalue weighted by Gasteiger charge is -2.24. The predicted octanol–water partition coefficient (Wildman–Crippen LogP) is 3.80. The molecule has 21 heavy (non-hydrogen) atoms. The molecule has 0 bridgehead atoms. The molecular weight excluding hydrogens is 258 g/mol. The Bertz CT molecular complexity index is 588. The van der Waals surface area contributed by atoms with E-state index < -0.39 is 0 Å². The SMILES string of the molecule is CCN(c1ccc(CNC2CC2)cn1)c1ccccc1C. The second kappa shape index (κ2) is 6.27. The van der Waals surface area contributed by atoms with E-state index in [0.29, 0.717) is 0 Å². The molecule has 1 aromatic carbocycles. The first-order valence-electron chi connectivity index (χ1n) is 7.79. The van der Waals surface area contributed by atoms with E-state index in [0.717, 1.165) is 24.9 Å². The van der Waals surface area contributed by atoms with Crippen molar-refractivity contribution in [1.29, 1.82) is 0 Å². The van der Waals surface area contributed by atoms with Crippen LogP contribution in [0.3, 0.4) is 0 Å². The first-order valence-corrected chi connectivity index (χ1v) is 7.79. The van der Waals surface area contributed by atoms with Crippen molar-refractivity contribution in [2.45, 2.75) is 39.3 Å². The number of hydrogen-bond acceptors (Lipinski definition) is 3. The summed E-state index contributed by atoms with van der Waals surface area (Å²) in [5.74, 6) is 1.02. The molecule has 110 valence electrons. The molecule has 0 spiro atoms. The Morgan fingerprint density at radius 2 is 2.00 bits per heavy atom. The van der Waals surface area contributed by atoms with Gasteiger partial charge in [0.15, 0.2) is 0 Å². The van der Waals surface area contributed by atoms with E-state index in [1.54, 1.807) is 0 Å². The minimum atomic E-state index is 0.740. The highest BCUT2D eigenvalue weighted by Crippen LogP contribution is 2.26. The van der Waals surface area contributed by atoms with Gasteiger partial charge in [-0.2, -0.15) is 0 Å². The molecule has 1 heterocycles. The molecule has 1 N–H and O–H groups in total. The van der Waals surface area contributed by atoms with Crippen LogP contribution in [0.4, 0.5) is 11.5 Å². The summed E-state index contributed by atoms with van der Waals surface area (Å²) in [6.45, 7) is 6.15. The molecule has 1 aromatic heterocycles. The van der Waals surface area contributed by atoms with Gasteiger partial charge in [0.2, 0.25) is 0 Å². The minimum Gasteiger partial charge on any atom is -0.326 e.